The maximum Gasteiger partial charge on any atom is 0.202 e. The van der Waals surface area contributed by atoms with Crippen molar-refractivity contribution in [1.29, 1.82) is 0 Å². The Kier molecular flexibility index (Phi) is 4.54. The number of guanidine groups is 1. The summed E-state index contributed by atoms with van der Waals surface area (Å²) in [5, 5.41) is 5.40. The van der Waals surface area contributed by atoms with Crippen LogP contribution >= 0.6 is 0 Å². The molecule has 1 unspecified atom stereocenters. The number of nitrogens with two attached hydrogens (primary N) is 1. The molecule has 2 rings (SSSR count). The summed E-state index contributed by atoms with van der Waals surface area (Å²) in [7, 11) is 3.87. The molecule has 5 nitrogen and oxygen atoms in total. The van der Waals surface area contributed by atoms with Crippen molar-refractivity contribution in [2.75, 3.05) is 26.0 Å². The quantitative estimate of drug-likeness (QED) is 0.787. The summed E-state index contributed by atoms with van der Waals surface area (Å²) in [4.78, 5) is 6.28. The van der Waals surface area contributed by atoms with Gasteiger partial charge in [-0.1, -0.05) is 6.07 Å². The van der Waals surface area contributed by atoms with Crippen LogP contribution in [0.25, 0.3) is 0 Å². The van der Waals surface area contributed by atoms with E-state index in [-0.39, 0.29) is 11.6 Å². The first-order valence-corrected chi connectivity index (χ1v) is 6.58. The Labute approximate surface area is 122 Å². The monoisotopic (exact) mass is 295 g/mol. The van der Waals surface area contributed by atoms with Crippen LogP contribution in [-0.2, 0) is 0 Å². The third kappa shape index (κ3) is 3.99. The molecule has 0 saturated heterocycles. The molecular weight excluding hydrogens is 276 g/mol. The van der Waals surface area contributed by atoms with Gasteiger partial charge >= 0.3 is 0 Å². The highest BCUT2D eigenvalue weighted by Crippen LogP contribution is 2.20. The number of rotatable bonds is 4. The molecular formula is C14H19F2N5. The number of nitrogens with zero attached hydrogens (tertiary/aromatic N) is 2. The van der Waals surface area contributed by atoms with Crippen molar-refractivity contribution in [3.63, 3.8) is 0 Å². The van der Waals surface area contributed by atoms with Crippen molar-refractivity contribution >= 4 is 11.6 Å². The van der Waals surface area contributed by atoms with Crippen LogP contribution in [-0.4, -0.2) is 37.2 Å². The second-order valence-electron chi connectivity index (χ2n) is 5.20. The van der Waals surface area contributed by atoms with Crippen molar-refractivity contribution in [3.05, 3.63) is 42.1 Å². The fraction of sp³-hybridized carbons (Fsp3) is 0.357. The fourth-order valence-electron chi connectivity index (χ4n) is 1.88. The number of benzene rings is 1. The molecule has 0 bridgehead atoms. The van der Waals surface area contributed by atoms with E-state index in [0.717, 1.165) is 6.54 Å². The highest BCUT2D eigenvalue weighted by atomic mass is 19.1. The van der Waals surface area contributed by atoms with E-state index in [4.69, 9.17) is 5.73 Å². The van der Waals surface area contributed by atoms with Crippen molar-refractivity contribution in [3.8, 4) is 0 Å². The van der Waals surface area contributed by atoms with Gasteiger partial charge in [0.25, 0.3) is 0 Å². The lowest BCUT2D eigenvalue weighted by Crippen LogP contribution is -2.45. The van der Waals surface area contributed by atoms with Crippen LogP contribution < -0.4 is 16.4 Å². The van der Waals surface area contributed by atoms with Crippen LogP contribution in [0.2, 0.25) is 0 Å². The maximum absolute atomic E-state index is 13.6. The number of anilines is 1. The predicted molar refractivity (Wildman–Crippen MR) is 79.8 cm³/mol. The third-order valence-corrected chi connectivity index (χ3v) is 3.08. The highest BCUT2D eigenvalue weighted by molar-refractivity contribution is 5.95. The standard InChI is InChI=1S/C14H19F2N5/c1-21(2)9-7-14(17)6-8-18-13(20-14)19-12-10(15)4-3-5-11(12)16/h3-6,8H,7,9,17H2,1-2H3,(H2,18,19,20). The van der Waals surface area contributed by atoms with E-state index in [9.17, 15) is 8.78 Å². The Morgan fingerprint density at radius 2 is 2.00 bits per heavy atom. The van der Waals surface area contributed by atoms with Crippen LogP contribution in [0.3, 0.4) is 0 Å². The van der Waals surface area contributed by atoms with Gasteiger partial charge in [0, 0.05) is 19.2 Å². The summed E-state index contributed by atoms with van der Waals surface area (Å²) in [5.74, 6) is -1.17. The average Bonchev–Trinajstić information content (AvgIpc) is 2.41. The van der Waals surface area contributed by atoms with E-state index < -0.39 is 17.3 Å². The second-order valence-corrected chi connectivity index (χ2v) is 5.20. The van der Waals surface area contributed by atoms with Crippen LogP contribution in [0.4, 0.5) is 14.5 Å². The minimum atomic E-state index is -0.903. The summed E-state index contributed by atoms with van der Waals surface area (Å²) in [5.41, 5.74) is 5.00. The van der Waals surface area contributed by atoms with Gasteiger partial charge in [0.2, 0.25) is 5.96 Å². The van der Waals surface area contributed by atoms with Gasteiger partial charge in [0.1, 0.15) is 23.0 Å². The van der Waals surface area contributed by atoms with E-state index in [0.29, 0.717) is 6.42 Å². The minimum Gasteiger partial charge on any atom is -0.333 e. The third-order valence-electron chi connectivity index (χ3n) is 3.08. The first-order valence-electron chi connectivity index (χ1n) is 6.58. The Morgan fingerprint density at radius 1 is 1.33 bits per heavy atom. The SMILES string of the molecule is CN(C)CCC1(N)C=CNC(Nc2c(F)cccc2F)=N1. The first-order chi connectivity index (χ1) is 9.89. The van der Waals surface area contributed by atoms with E-state index in [1.807, 2.05) is 19.0 Å². The van der Waals surface area contributed by atoms with Gasteiger partial charge in [0.05, 0.1) is 0 Å². The molecule has 1 aromatic rings. The molecule has 0 aliphatic carbocycles. The molecule has 0 aromatic heterocycles. The van der Waals surface area contributed by atoms with Gasteiger partial charge in [-0.2, -0.15) is 0 Å². The number of hydrogen-bond donors (Lipinski definition) is 3. The second kappa shape index (κ2) is 6.19. The lowest BCUT2D eigenvalue weighted by atomic mass is 10.1. The van der Waals surface area contributed by atoms with Crippen LogP contribution in [0.1, 0.15) is 6.42 Å². The first kappa shape index (κ1) is 15.4. The Balaban J connectivity index is 2.15. The van der Waals surface area contributed by atoms with Gasteiger partial charge in [-0.25, -0.2) is 13.8 Å². The molecule has 0 fully saturated rings. The molecule has 0 saturated carbocycles. The fourth-order valence-corrected chi connectivity index (χ4v) is 1.88. The zero-order valence-electron chi connectivity index (χ0n) is 12.0. The zero-order chi connectivity index (χ0) is 15.5. The molecule has 0 spiro atoms. The zero-order valence-corrected chi connectivity index (χ0v) is 12.0. The molecule has 7 heteroatoms. The Bertz CT molecular complexity index is 550. The van der Waals surface area contributed by atoms with Crippen molar-refractivity contribution in [2.24, 2.45) is 10.7 Å². The topological polar surface area (TPSA) is 65.7 Å². The van der Waals surface area contributed by atoms with Crippen molar-refractivity contribution in [1.82, 2.24) is 10.2 Å². The molecule has 0 radical (unpaired) electrons. The van der Waals surface area contributed by atoms with Crippen molar-refractivity contribution < 1.29 is 8.78 Å². The summed E-state index contributed by atoms with van der Waals surface area (Å²) in [6, 6.07) is 3.65. The number of nitrogens with one attached hydrogen (secondary N) is 2. The Morgan fingerprint density at radius 3 is 2.62 bits per heavy atom. The molecule has 0 amide bonds. The molecule has 114 valence electrons. The molecule has 1 aromatic carbocycles. The molecule has 21 heavy (non-hydrogen) atoms. The summed E-state index contributed by atoms with van der Waals surface area (Å²) < 4.78 is 27.2. The number of aliphatic imine (C=N–C) groups is 1. The van der Waals surface area contributed by atoms with Crippen LogP contribution in [0, 0.1) is 11.6 Å². The van der Waals surface area contributed by atoms with Gasteiger partial charge < -0.3 is 21.3 Å². The maximum atomic E-state index is 13.6. The molecule has 4 N–H and O–H groups in total. The smallest absolute Gasteiger partial charge is 0.202 e. The predicted octanol–water partition coefficient (Wildman–Crippen LogP) is 1.46. The van der Waals surface area contributed by atoms with Crippen LogP contribution in [0.5, 0.6) is 0 Å². The van der Waals surface area contributed by atoms with Gasteiger partial charge in [-0.05, 0) is 32.3 Å². The largest absolute Gasteiger partial charge is 0.333 e. The number of halogens is 2. The summed E-state index contributed by atoms with van der Waals surface area (Å²) in [6.45, 7) is 0.742. The van der Waals surface area contributed by atoms with E-state index in [2.05, 4.69) is 15.6 Å². The van der Waals surface area contributed by atoms with Crippen molar-refractivity contribution in [2.45, 2.75) is 12.1 Å². The van der Waals surface area contributed by atoms with E-state index in [1.165, 1.54) is 18.2 Å². The lowest BCUT2D eigenvalue weighted by molar-refractivity contribution is 0.352. The van der Waals surface area contributed by atoms with Gasteiger partial charge in [-0.3, -0.25) is 0 Å². The van der Waals surface area contributed by atoms with E-state index in [1.54, 1.807) is 12.3 Å². The molecule has 1 heterocycles. The average molecular weight is 295 g/mol. The lowest BCUT2D eigenvalue weighted by Gasteiger charge is -2.28. The minimum absolute atomic E-state index is 0.211. The number of hydrogen-bond acceptors (Lipinski definition) is 5. The number of para-hydroxylation sites is 1. The summed E-state index contributed by atoms with van der Waals surface area (Å²) in [6.07, 6.45) is 3.92. The molecule has 1 aliphatic heterocycles. The highest BCUT2D eigenvalue weighted by Gasteiger charge is 2.24. The van der Waals surface area contributed by atoms with E-state index >= 15 is 0 Å². The summed E-state index contributed by atoms with van der Waals surface area (Å²) >= 11 is 0. The molecule has 1 aliphatic rings. The van der Waals surface area contributed by atoms with Gasteiger partial charge in [-0.15, -0.1) is 0 Å². The van der Waals surface area contributed by atoms with Gasteiger partial charge in [0.15, 0.2) is 0 Å². The molecule has 1 atom stereocenters. The Hall–Kier alpha value is -1.99. The van der Waals surface area contributed by atoms with Crippen LogP contribution in [0.15, 0.2) is 35.5 Å². The normalized spacial score (nSPS) is 21.1.